The van der Waals surface area contributed by atoms with Crippen molar-refractivity contribution >= 4 is 20.4 Å². The van der Waals surface area contributed by atoms with Gasteiger partial charge in [0.05, 0.1) is 0 Å². The molecule has 1 rings (SSSR count). The molecule has 19 heavy (non-hydrogen) atoms. The van der Waals surface area contributed by atoms with Crippen LogP contribution in [0.1, 0.15) is 26.3 Å². The van der Waals surface area contributed by atoms with Crippen molar-refractivity contribution < 1.29 is 14.3 Å². The van der Waals surface area contributed by atoms with Crippen LogP contribution in [0.5, 0.6) is 5.75 Å². The topological polar surface area (TPSA) is 46.5 Å². The van der Waals surface area contributed by atoms with Crippen LogP contribution in [0.15, 0.2) is 30.3 Å². The lowest BCUT2D eigenvalue weighted by Gasteiger charge is -2.36. The molecule has 0 aliphatic rings. The largest absolute Gasteiger partial charge is 0.543 e. The van der Waals surface area contributed by atoms with E-state index in [1.165, 1.54) is 0 Å². The molecule has 0 spiro atoms. The minimum Gasteiger partial charge on any atom is -0.543 e. The van der Waals surface area contributed by atoms with Crippen LogP contribution >= 0.6 is 0 Å². The number of hydrogen-bond acceptors (Lipinski definition) is 2. The number of carbonyl (C=O) groups is 1. The predicted molar refractivity (Wildman–Crippen MR) is 80.9 cm³/mol. The van der Waals surface area contributed by atoms with E-state index in [0.29, 0.717) is 0 Å². The van der Waals surface area contributed by atoms with Gasteiger partial charge in [-0.25, -0.2) is 4.79 Å². The Balaban J connectivity index is 3.05. The van der Waals surface area contributed by atoms with E-state index in [1.807, 2.05) is 24.3 Å². The Kier molecular flexibility index (Phi) is 4.58. The first-order chi connectivity index (χ1) is 8.63. The van der Waals surface area contributed by atoms with Gasteiger partial charge in [0.2, 0.25) is 0 Å². The summed E-state index contributed by atoms with van der Waals surface area (Å²) in [5.74, 6) is -0.200. The number of rotatable bonds is 4. The lowest BCUT2D eigenvalue weighted by atomic mass is 10.2. The molecule has 0 atom stereocenters. The smallest absolute Gasteiger partial charge is 0.328 e. The summed E-state index contributed by atoms with van der Waals surface area (Å²) in [5.41, 5.74) is 0.801. The molecule has 0 aromatic heterocycles. The van der Waals surface area contributed by atoms with E-state index in [9.17, 15) is 4.79 Å². The fraction of sp³-hybridized carbons (Fsp3) is 0.400. The maximum absolute atomic E-state index is 10.6. The van der Waals surface area contributed by atoms with Gasteiger partial charge >= 0.3 is 5.97 Å². The van der Waals surface area contributed by atoms with Gasteiger partial charge < -0.3 is 9.53 Å². The van der Waals surface area contributed by atoms with Crippen molar-refractivity contribution in [2.24, 2.45) is 0 Å². The van der Waals surface area contributed by atoms with Crippen LogP contribution < -0.4 is 4.43 Å². The van der Waals surface area contributed by atoms with E-state index >= 15 is 0 Å². The summed E-state index contributed by atoms with van der Waals surface area (Å²) in [4.78, 5) is 10.6. The lowest BCUT2D eigenvalue weighted by molar-refractivity contribution is -0.131. The summed E-state index contributed by atoms with van der Waals surface area (Å²) in [7, 11) is -1.91. The van der Waals surface area contributed by atoms with Gasteiger partial charge in [0.1, 0.15) is 5.75 Å². The van der Waals surface area contributed by atoms with E-state index in [4.69, 9.17) is 9.53 Å². The normalized spacial score (nSPS) is 12.7. The molecule has 0 aliphatic carbocycles. The Labute approximate surface area is 116 Å². The number of hydrogen-bond donors (Lipinski definition) is 1. The molecule has 3 nitrogen and oxygen atoms in total. The van der Waals surface area contributed by atoms with Crippen LogP contribution in [0, 0.1) is 0 Å². The highest BCUT2D eigenvalue weighted by Gasteiger charge is 2.39. The zero-order valence-corrected chi connectivity index (χ0v) is 13.2. The second-order valence-corrected chi connectivity index (χ2v) is 10.8. The molecule has 0 radical (unpaired) electrons. The quantitative estimate of drug-likeness (QED) is 0.664. The third-order valence-corrected chi connectivity index (χ3v) is 7.84. The number of carboxylic acid groups (broad SMARTS) is 1. The molecule has 1 N–H and O–H groups in total. The molecule has 0 saturated carbocycles. The van der Waals surface area contributed by atoms with Gasteiger partial charge in [-0.1, -0.05) is 39.0 Å². The second-order valence-electron chi connectivity index (χ2n) is 6.07. The van der Waals surface area contributed by atoms with E-state index in [2.05, 4.69) is 33.9 Å². The highest BCUT2D eigenvalue weighted by Crippen LogP contribution is 2.38. The molecule has 0 heterocycles. The first kappa shape index (κ1) is 15.5. The van der Waals surface area contributed by atoms with Gasteiger partial charge in [-0.05, 0) is 30.3 Å². The summed E-state index contributed by atoms with van der Waals surface area (Å²) >= 11 is 0. The first-order valence-electron chi connectivity index (χ1n) is 6.32. The van der Waals surface area contributed by atoms with Gasteiger partial charge in [-0.3, -0.25) is 0 Å². The summed E-state index contributed by atoms with van der Waals surface area (Å²) in [5, 5.41) is 8.82. The van der Waals surface area contributed by atoms with Gasteiger partial charge in [0, 0.05) is 11.6 Å². The van der Waals surface area contributed by atoms with Crippen molar-refractivity contribution in [2.45, 2.75) is 38.9 Å². The maximum Gasteiger partial charge on any atom is 0.328 e. The highest BCUT2D eigenvalue weighted by atomic mass is 28.4. The van der Waals surface area contributed by atoms with Crippen LogP contribution in [0.4, 0.5) is 0 Å². The Morgan fingerprint density at radius 3 is 2.37 bits per heavy atom. The molecule has 0 aliphatic heterocycles. The fourth-order valence-electron chi connectivity index (χ4n) is 1.30. The van der Waals surface area contributed by atoms with Crippen LogP contribution in [-0.4, -0.2) is 19.4 Å². The maximum atomic E-state index is 10.6. The number of para-hydroxylation sites is 1. The Hall–Kier alpha value is -1.55. The van der Waals surface area contributed by atoms with Crippen LogP contribution in [-0.2, 0) is 4.79 Å². The summed E-state index contributed by atoms with van der Waals surface area (Å²) in [6.45, 7) is 10.9. The van der Waals surface area contributed by atoms with E-state index in [1.54, 1.807) is 6.08 Å². The van der Waals surface area contributed by atoms with Crippen LogP contribution in [0.3, 0.4) is 0 Å². The molecule has 0 bridgehead atoms. The predicted octanol–water partition coefficient (Wildman–Crippen LogP) is 4.17. The molecular weight excluding hydrogens is 256 g/mol. The Morgan fingerprint density at radius 2 is 1.84 bits per heavy atom. The summed E-state index contributed by atoms with van der Waals surface area (Å²) in [6.07, 6.45) is 2.71. The number of benzene rings is 1. The van der Waals surface area contributed by atoms with E-state index in [-0.39, 0.29) is 5.04 Å². The van der Waals surface area contributed by atoms with Gasteiger partial charge in [0.15, 0.2) is 0 Å². The number of aliphatic carboxylic acids is 1. The lowest BCUT2D eigenvalue weighted by Crippen LogP contribution is -2.44. The third-order valence-electron chi connectivity index (χ3n) is 3.50. The third kappa shape index (κ3) is 4.24. The zero-order valence-electron chi connectivity index (χ0n) is 12.2. The molecule has 0 saturated heterocycles. The molecule has 0 amide bonds. The average molecular weight is 278 g/mol. The number of carboxylic acids is 1. The first-order valence-corrected chi connectivity index (χ1v) is 9.23. The monoisotopic (exact) mass is 278 g/mol. The van der Waals surface area contributed by atoms with Crippen LogP contribution in [0.2, 0.25) is 18.1 Å². The zero-order chi connectivity index (χ0) is 14.7. The fourth-order valence-corrected chi connectivity index (χ4v) is 2.34. The minimum atomic E-state index is -1.91. The standard InChI is InChI=1S/C15H22O3Si/c1-15(2,3)19(4,5)18-13-9-7-6-8-12(13)10-11-14(16)17/h6-11H,1-5H3,(H,16,17)/b11-10+. The van der Waals surface area contributed by atoms with Crippen molar-refractivity contribution in [3.05, 3.63) is 35.9 Å². The van der Waals surface area contributed by atoms with Crippen molar-refractivity contribution in [1.29, 1.82) is 0 Å². The SMILES string of the molecule is CC(C)(C)[Si](C)(C)Oc1ccccc1/C=C/C(=O)O. The summed E-state index contributed by atoms with van der Waals surface area (Å²) in [6, 6.07) is 7.53. The van der Waals surface area contributed by atoms with Crippen molar-refractivity contribution in [2.75, 3.05) is 0 Å². The molecule has 1 aromatic rings. The molecule has 0 fully saturated rings. The molecule has 1 aromatic carbocycles. The van der Waals surface area contributed by atoms with Gasteiger partial charge in [-0.15, -0.1) is 0 Å². The van der Waals surface area contributed by atoms with E-state index in [0.717, 1.165) is 17.4 Å². The van der Waals surface area contributed by atoms with Gasteiger partial charge in [-0.2, -0.15) is 0 Å². The second kappa shape index (κ2) is 5.61. The molecule has 104 valence electrons. The van der Waals surface area contributed by atoms with Crippen molar-refractivity contribution in [3.8, 4) is 5.75 Å². The molecular formula is C15H22O3Si. The minimum absolute atomic E-state index is 0.108. The van der Waals surface area contributed by atoms with Crippen LogP contribution in [0.25, 0.3) is 6.08 Å². The van der Waals surface area contributed by atoms with E-state index < -0.39 is 14.3 Å². The van der Waals surface area contributed by atoms with Gasteiger partial charge in [0.25, 0.3) is 8.32 Å². The van der Waals surface area contributed by atoms with Crippen molar-refractivity contribution in [3.63, 3.8) is 0 Å². The highest BCUT2D eigenvalue weighted by molar-refractivity contribution is 6.74. The summed E-state index contributed by atoms with van der Waals surface area (Å²) < 4.78 is 6.22. The molecule has 0 unspecified atom stereocenters. The van der Waals surface area contributed by atoms with Crippen molar-refractivity contribution in [1.82, 2.24) is 0 Å². The average Bonchev–Trinajstić information content (AvgIpc) is 2.25. The Morgan fingerprint density at radius 1 is 1.26 bits per heavy atom. The molecule has 4 heteroatoms. The Bertz CT molecular complexity index is 484.